The van der Waals surface area contributed by atoms with Crippen LogP contribution in [0.2, 0.25) is 5.02 Å². The zero-order chi connectivity index (χ0) is 40.3. The maximum atomic E-state index is 13.1. The number of nitrogens with zero attached hydrogens (tertiary/aromatic N) is 2. The molecule has 0 bridgehead atoms. The molecule has 54 heavy (non-hydrogen) atoms. The Kier molecular flexibility index (Phi) is 15.6. The van der Waals surface area contributed by atoms with Crippen LogP contribution >= 0.6 is 11.6 Å². The van der Waals surface area contributed by atoms with Gasteiger partial charge in [-0.25, -0.2) is 27.7 Å². The Morgan fingerprint density at radius 3 is 2.07 bits per heavy atom. The van der Waals surface area contributed by atoms with Crippen LogP contribution in [0.25, 0.3) is 10.9 Å². The number of ether oxygens (including phenoxy) is 1. The fraction of sp³-hybridized carbons (Fsp3) is 0.529. The molecule has 5 N–H and O–H groups in total. The first-order valence-electron chi connectivity index (χ1n) is 16.9. The number of nitrogens with one attached hydrogen (secondary N) is 4. The molecule has 1 saturated carbocycles. The molecule has 20 heteroatoms. The Balaban J connectivity index is 0.00000102. The summed E-state index contributed by atoms with van der Waals surface area (Å²) in [5.74, 6) is -1.16. The van der Waals surface area contributed by atoms with Gasteiger partial charge in [-0.3, -0.25) is 0 Å². The normalized spacial score (nSPS) is 16.6. The Bertz CT molecular complexity index is 1830. The third kappa shape index (κ3) is 14.6. The average molecular weight is 813 g/mol. The summed E-state index contributed by atoms with van der Waals surface area (Å²) in [6.07, 6.45) is -5.40. The van der Waals surface area contributed by atoms with E-state index in [4.69, 9.17) is 31.2 Å². The summed E-state index contributed by atoms with van der Waals surface area (Å²) in [7, 11) is -4.21. The first kappa shape index (κ1) is 44.3. The van der Waals surface area contributed by atoms with Crippen molar-refractivity contribution < 1.29 is 54.2 Å². The van der Waals surface area contributed by atoms with Crippen molar-refractivity contribution in [3.63, 3.8) is 0 Å². The Morgan fingerprint density at radius 1 is 0.889 bits per heavy atom. The molecule has 1 aliphatic carbocycles. The highest BCUT2D eigenvalue weighted by atomic mass is 35.5. The van der Waals surface area contributed by atoms with E-state index in [9.17, 15) is 39.6 Å². The van der Waals surface area contributed by atoms with E-state index in [0.29, 0.717) is 37.6 Å². The highest BCUT2D eigenvalue weighted by molar-refractivity contribution is 7.89. The number of hydrogen-bond donors (Lipinski definition) is 5. The van der Waals surface area contributed by atoms with Crippen LogP contribution in [-0.4, -0.2) is 73.5 Å². The maximum absolute atomic E-state index is 13.1. The lowest BCUT2D eigenvalue weighted by Crippen LogP contribution is -2.33. The van der Waals surface area contributed by atoms with Crippen molar-refractivity contribution in [2.45, 2.75) is 82.1 Å². The number of benzene rings is 2. The smallest absolute Gasteiger partial charge is 0.475 e. The Morgan fingerprint density at radius 2 is 1.48 bits per heavy atom. The number of rotatable bonds is 13. The van der Waals surface area contributed by atoms with Crippen LogP contribution in [0.3, 0.4) is 0 Å². The van der Waals surface area contributed by atoms with Gasteiger partial charge in [-0.15, -0.1) is 0 Å². The fourth-order valence-electron chi connectivity index (χ4n) is 5.32. The van der Waals surface area contributed by atoms with E-state index in [-0.39, 0.29) is 17.5 Å². The number of carbonyl (C=O) groups is 2. The molecule has 3 aromatic rings. The number of unbranched alkanes of at least 4 members (excludes halogenated alkanes) is 1. The lowest BCUT2D eigenvalue weighted by Gasteiger charge is -2.28. The number of anilines is 2. The lowest BCUT2D eigenvalue weighted by molar-refractivity contribution is -0.192. The first-order valence-corrected chi connectivity index (χ1v) is 18.8. The van der Waals surface area contributed by atoms with Crippen molar-refractivity contribution in [1.29, 1.82) is 0 Å². The fourth-order valence-corrected chi connectivity index (χ4v) is 6.96. The second-order valence-corrected chi connectivity index (χ2v) is 15.7. The third-order valence-corrected chi connectivity index (χ3v) is 9.94. The van der Waals surface area contributed by atoms with Crippen LogP contribution in [0, 0.1) is 11.8 Å². The molecule has 1 amide bonds. The SMILES string of the molecule is CC(C)(C)OC(=O)NCCCCNc1nc(NCC2CCC(CNS(=O)(=O)c3cc(C(F)(F)F)ccc3Cl)CC2)nc2ccccc12.O=C(O)C(F)(F)F. The molecule has 0 radical (unpaired) electrons. The van der Waals surface area contributed by atoms with Gasteiger partial charge in [0.2, 0.25) is 16.0 Å². The van der Waals surface area contributed by atoms with E-state index in [0.717, 1.165) is 67.4 Å². The minimum absolute atomic E-state index is 0.0534. The van der Waals surface area contributed by atoms with E-state index >= 15 is 0 Å². The predicted molar refractivity (Wildman–Crippen MR) is 191 cm³/mol. The van der Waals surface area contributed by atoms with Gasteiger partial charge in [-0.05, 0) is 101 Å². The number of carbonyl (C=O) groups excluding carboxylic acids is 1. The molecule has 12 nitrogen and oxygen atoms in total. The van der Waals surface area contributed by atoms with Crippen LogP contribution in [0.4, 0.5) is 42.9 Å². The van der Waals surface area contributed by atoms with Gasteiger partial charge in [-0.1, -0.05) is 23.7 Å². The summed E-state index contributed by atoms with van der Waals surface area (Å²) in [6, 6.07) is 10.0. The van der Waals surface area contributed by atoms with Crippen molar-refractivity contribution in [2.24, 2.45) is 11.8 Å². The molecule has 300 valence electrons. The molecule has 0 atom stereocenters. The number of alkyl halides is 6. The number of hydrogen-bond acceptors (Lipinski definition) is 9. The van der Waals surface area contributed by atoms with Crippen LogP contribution < -0.4 is 20.7 Å². The van der Waals surface area contributed by atoms with Crippen molar-refractivity contribution in [2.75, 3.05) is 36.8 Å². The molecule has 1 aliphatic rings. The summed E-state index contributed by atoms with van der Waals surface area (Å²) in [5, 5.41) is 17.3. The van der Waals surface area contributed by atoms with E-state index in [1.165, 1.54) is 0 Å². The molecular weight excluding hydrogens is 770 g/mol. The minimum Gasteiger partial charge on any atom is -0.475 e. The Hall–Kier alpha value is -4.10. The van der Waals surface area contributed by atoms with Gasteiger partial charge in [0.1, 0.15) is 16.3 Å². The van der Waals surface area contributed by atoms with Gasteiger partial charge in [0.05, 0.1) is 16.1 Å². The maximum Gasteiger partial charge on any atom is 0.490 e. The van der Waals surface area contributed by atoms with E-state index < -0.39 is 50.5 Å². The molecule has 0 unspecified atom stereocenters. The zero-order valence-electron chi connectivity index (χ0n) is 29.7. The predicted octanol–water partition coefficient (Wildman–Crippen LogP) is 7.85. The second kappa shape index (κ2) is 19.0. The van der Waals surface area contributed by atoms with Gasteiger partial charge >= 0.3 is 24.4 Å². The molecule has 1 heterocycles. The number of para-hydroxylation sites is 1. The van der Waals surface area contributed by atoms with Crippen molar-refractivity contribution in [1.82, 2.24) is 20.0 Å². The van der Waals surface area contributed by atoms with Crippen molar-refractivity contribution in [3.8, 4) is 0 Å². The molecule has 2 aromatic carbocycles. The number of aliphatic carboxylic acids is 1. The Labute approximate surface area is 313 Å². The van der Waals surface area contributed by atoms with Gasteiger partial charge < -0.3 is 25.8 Å². The first-order chi connectivity index (χ1) is 25.0. The van der Waals surface area contributed by atoms with Gasteiger partial charge in [0.25, 0.3) is 0 Å². The highest BCUT2D eigenvalue weighted by Crippen LogP contribution is 2.34. The number of fused-ring (bicyclic) bond motifs is 1. The van der Waals surface area contributed by atoms with E-state index in [1.807, 2.05) is 45.0 Å². The number of halogens is 7. The van der Waals surface area contributed by atoms with E-state index in [1.54, 1.807) is 0 Å². The largest absolute Gasteiger partial charge is 0.490 e. The van der Waals surface area contributed by atoms with Gasteiger partial charge in [-0.2, -0.15) is 31.3 Å². The molecule has 4 rings (SSSR count). The quantitative estimate of drug-likeness (QED) is 0.0846. The summed E-state index contributed by atoms with van der Waals surface area (Å²) in [6.45, 7) is 7.39. The lowest BCUT2D eigenvalue weighted by atomic mass is 9.82. The van der Waals surface area contributed by atoms with Crippen molar-refractivity contribution in [3.05, 3.63) is 53.1 Å². The number of sulfonamides is 1. The standard InChI is InChI=1S/C32H42ClF3N6O4S.C2HF3O2/c1-31(2,3)46-30(43)38-17-7-6-16-37-28-24-8-4-5-9-26(24)41-29(42-28)39-19-21-10-12-22(13-11-21)20-40-47(44,45)27-18-23(32(34,35)36)14-15-25(27)33;3-2(4,5)1(6)7/h4-5,8-9,14-15,18,21-22,40H,6-7,10-13,16-17,19-20H2,1-3H3,(H,38,43)(H2,37,39,41,42);(H,6,7). The summed E-state index contributed by atoms with van der Waals surface area (Å²) >= 11 is 5.94. The summed E-state index contributed by atoms with van der Waals surface area (Å²) < 4.78 is 104. The monoisotopic (exact) mass is 812 g/mol. The molecule has 1 aromatic heterocycles. The minimum atomic E-state index is -5.08. The number of carboxylic acids is 1. The number of alkyl carbamates (subject to hydrolysis) is 1. The van der Waals surface area contributed by atoms with Crippen LogP contribution in [0.15, 0.2) is 47.4 Å². The zero-order valence-corrected chi connectivity index (χ0v) is 31.3. The molecule has 0 saturated heterocycles. The van der Waals surface area contributed by atoms with Crippen LogP contribution in [0.5, 0.6) is 0 Å². The highest BCUT2D eigenvalue weighted by Gasteiger charge is 2.38. The van der Waals surface area contributed by atoms with E-state index in [2.05, 4.69) is 25.7 Å². The number of amides is 1. The number of aromatic nitrogens is 2. The molecule has 0 aliphatic heterocycles. The van der Waals surface area contributed by atoms with Crippen LogP contribution in [0.1, 0.15) is 64.9 Å². The van der Waals surface area contributed by atoms with Gasteiger partial charge in [0, 0.05) is 31.6 Å². The molecule has 1 fully saturated rings. The van der Waals surface area contributed by atoms with Crippen LogP contribution in [-0.2, 0) is 25.7 Å². The summed E-state index contributed by atoms with van der Waals surface area (Å²) in [4.78, 5) is 29.5. The topological polar surface area (TPSA) is 172 Å². The number of carboxylic acid groups (broad SMARTS) is 1. The third-order valence-electron chi connectivity index (χ3n) is 8.04. The molecule has 0 spiro atoms. The molecular formula is C34H43ClF6N6O6S. The van der Waals surface area contributed by atoms with Gasteiger partial charge in [0.15, 0.2) is 0 Å². The second-order valence-electron chi connectivity index (χ2n) is 13.5. The summed E-state index contributed by atoms with van der Waals surface area (Å²) in [5.41, 5.74) is -0.807. The van der Waals surface area contributed by atoms with Crippen molar-refractivity contribution >= 4 is 56.4 Å². The average Bonchev–Trinajstić information content (AvgIpc) is 3.07.